The Hall–Kier alpha value is -3.27. The average Bonchev–Trinajstić information content (AvgIpc) is 3.34. The number of aryl methyl sites for hydroxylation is 1. The van der Waals surface area contributed by atoms with E-state index in [0.717, 1.165) is 17.4 Å². The van der Waals surface area contributed by atoms with Gasteiger partial charge in [-0.1, -0.05) is 0 Å². The predicted octanol–water partition coefficient (Wildman–Crippen LogP) is 1.97. The minimum Gasteiger partial charge on any atom is -0.473 e. The molecule has 3 aromatic rings. The van der Waals surface area contributed by atoms with Crippen LogP contribution < -0.4 is 15.1 Å². The number of nitrogens with one attached hydrogen (secondary N) is 1. The van der Waals surface area contributed by atoms with Crippen molar-refractivity contribution in [2.45, 2.75) is 32.4 Å². The SMILES string of the molecule is Cc1cnn2ccc(N3OCCC3c3cc(F)cnc3OC(C)CNC=O)nc12. The number of halogens is 1. The van der Waals surface area contributed by atoms with E-state index in [2.05, 4.69) is 20.4 Å². The molecular formula is C19H21FN6O3. The first kappa shape index (κ1) is 19.1. The Bertz CT molecular complexity index is 1030. The van der Waals surface area contributed by atoms with E-state index in [4.69, 9.17) is 9.57 Å². The highest BCUT2D eigenvalue weighted by molar-refractivity contribution is 5.52. The molecule has 1 fully saturated rings. The van der Waals surface area contributed by atoms with Crippen molar-refractivity contribution in [3.05, 3.63) is 47.7 Å². The number of pyridine rings is 1. The summed E-state index contributed by atoms with van der Waals surface area (Å²) < 4.78 is 21.6. The van der Waals surface area contributed by atoms with Crippen molar-refractivity contribution in [2.75, 3.05) is 18.2 Å². The van der Waals surface area contributed by atoms with Gasteiger partial charge in [-0.3, -0.25) is 9.63 Å². The first-order chi connectivity index (χ1) is 14.1. The fraction of sp³-hybridized carbons (Fsp3) is 0.368. The summed E-state index contributed by atoms with van der Waals surface area (Å²) in [7, 11) is 0. The summed E-state index contributed by atoms with van der Waals surface area (Å²) in [4.78, 5) is 25.1. The molecule has 1 saturated heterocycles. The van der Waals surface area contributed by atoms with E-state index < -0.39 is 5.82 Å². The summed E-state index contributed by atoms with van der Waals surface area (Å²) in [6, 6.07) is 2.87. The number of hydroxylamine groups is 1. The van der Waals surface area contributed by atoms with Crippen molar-refractivity contribution in [1.29, 1.82) is 0 Å². The molecule has 1 aliphatic rings. The highest BCUT2D eigenvalue weighted by atomic mass is 19.1. The molecular weight excluding hydrogens is 379 g/mol. The molecule has 9 nitrogen and oxygen atoms in total. The average molecular weight is 400 g/mol. The standard InChI is InChI=1S/C19H21FN6O3/c1-12-8-23-25-5-3-17(24-18(12)25)26-16(4-6-28-26)15-7-14(20)10-22-19(15)29-13(2)9-21-11-27/h3,5,7-8,10-11,13,16H,4,6,9H2,1-2H3,(H,21,27). The Kier molecular flexibility index (Phi) is 5.26. The number of fused-ring (bicyclic) bond motifs is 1. The van der Waals surface area contributed by atoms with Crippen LogP contribution in [0.25, 0.3) is 5.65 Å². The molecule has 1 N–H and O–H groups in total. The maximum absolute atomic E-state index is 14.0. The Morgan fingerprint density at radius 1 is 1.48 bits per heavy atom. The maximum atomic E-state index is 14.0. The quantitative estimate of drug-likeness (QED) is 0.606. The zero-order valence-electron chi connectivity index (χ0n) is 16.1. The zero-order valence-corrected chi connectivity index (χ0v) is 16.1. The third kappa shape index (κ3) is 3.83. The topological polar surface area (TPSA) is 93.9 Å². The lowest BCUT2D eigenvalue weighted by Gasteiger charge is -2.25. The highest BCUT2D eigenvalue weighted by Crippen LogP contribution is 2.38. The van der Waals surface area contributed by atoms with Gasteiger partial charge in [0.05, 0.1) is 31.6 Å². The second-order valence-electron chi connectivity index (χ2n) is 6.85. The molecule has 0 bridgehead atoms. The van der Waals surface area contributed by atoms with Crippen molar-refractivity contribution in [3.8, 4) is 5.88 Å². The lowest BCUT2D eigenvalue weighted by Crippen LogP contribution is -2.29. The summed E-state index contributed by atoms with van der Waals surface area (Å²) in [6.45, 7) is 4.49. The second-order valence-corrected chi connectivity index (χ2v) is 6.85. The number of carbonyl (C=O) groups excluding carboxylic acids is 1. The molecule has 0 aromatic carbocycles. The third-order valence-electron chi connectivity index (χ3n) is 4.67. The molecule has 0 saturated carbocycles. The van der Waals surface area contributed by atoms with Gasteiger partial charge in [0.1, 0.15) is 11.9 Å². The number of ether oxygens (including phenoxy) is 1. The molecule has 1 amide bonds. The van der Waals surface area contributed by atoms with Gasteiger partial charge >= 0.3 is 0 Å². The van der Waals surface area contributed by atoms with Crippen LogP contribution in [-0.4, -0.2) is 45.2 Å². The van der Waals surface area contributed by atoms with E-state index in [1.54, 1.807) is 35.0 Å². The van der Waals surface area contributed by atoms with Gasteiger partial charge in [-0.15, -0.1) is 0 Å². The Morgan fingerprint density at radius 2 is 2.34 bits per heavy atom. The summed E-state index contributed by atoms with van der Waals surface area (Å²) in [6.07, 6.45) is 5.54. The largest absolute Gasteiger partial charge is 0.473 e. The molecule has 3 aromatic heterocycles. The molecule has 4 rings (SSSR count). The van der Waals surface area contributed by atoms with Gasteiger partial charge in [0, 0.05) is 29.8 Å². The summed E-state index contributed by atoms with van der Waals surface area (Å²) in [5.74, 6) is 0.427. The van der Waals surface area contributed by atoms with Gasteiger partial charge < -0.3 is 10.1 Å². The molecule has 0 aliphatic carbocycles. The van der Waals surface area contributed by atoms with E-state index >= 15 is 0 Å². The number of carbonyl (C=O) groups is 1. The van der Waals surface area contributed by atoms with Gasteiger partial charge in [0.2, 0.25) is 12.3 Å². The van der Waals surface area contributed by atoms with Crippen LogP contribution in [0.4, 0.5) is 10.2 Å². The number of anilines is 1. The third-order valence-corrected chi connectivity index (χ3v) is 4.67. The van der Waals surface area contributed by atoms with E-state index in [1.807, 2.05) is 6.92 Å². The number of aromatic nitrogens is 4. The minimum atomic E-state index is -0.465. The van der Waals surface area contributed by atoms with Crippen LogP contribution in [-0.2, 0) is 9.63 Å². The lowest BCUT2D eigenvalue weighted by molar-refractivity contribution is -0.109. The first-order valence-electron chi connectivity index (χ1n) is 9.29. The molecule has 0 spiro atoms. The van der Waals surface area contributed by atoms with E-state index in [1.165, 1.54) is 6.07 Å². The molecule has 10 heteroatoms. The van der Waals surface area contributed by atoms with E-state index in [-0.39, 0.29) is 12.1 Å². The maximum Gasteiger partial charge on any atom is 0.219 e. The number of hydrogen-bond donors (Lipinski definition) is 1. The zero-order chi connectivity index (χ0) is 20.4. The molecule has 4 heterocycles. The van der Waals surface area contributed by atoms with Crippen LogP contribution >= 0.6 is 0 Å². The van der Waals surface area contributed by atoms with Gasteiger partial charge in [-0.05, 0) is 19.9 Å². The van der Waals surface area contributed by atoms with Crippen molar-refractivity contribution in [1.82, 2.24) is 24.9 Å². The van der Waals surface area contributed by atoms with Crippen LogP contribution in [0.1, 0.15) is 30.5 Å². The van der Waals surface area contributed by atoms with Crippen LogP contribution in [0.3, 0.4) is 0 Å². The van der Waals surface area contributed by atoms with Crippen molar-refractivity contribution < 1.29 is 18.8 Å². The molecule has 1 aliphatic heterocycles. The number of hydrogen-bond acceptors (Lipinski definition) is 7. The van der Waals surface area contributed by atoms with Crippen molar-refractivity contribution in [2.24, 2.45) is 0 Å². The van der Waals surface area contributed by atoms with Gasteiger partial charge in [-0.25, -0.2) is 23.9 Å². The summed E-state index contributed by atoms with van der Waals surface area (Å²) in [5, 5.41) is 8.45. The monoisotopic (exact) mass is 400 g/mol. The van der Waals surface area contributed by atoms with Crippen LogP contribution in [0, 0.1) is 12.7 Å². The normalized spacial score (nSPS) is 17.5. The smallest absolute Gasteiger partial charge is 0.219 e. The van der Waals surface area contributed by atoms with E-state index in [0.29, 0.717) is 43.2 Å². The Labute approximate surface area is 166 Å². The van der Waals surface area contributed by atoms with Crippen molar-refractivity contribution >= 4 is 17.9 Å². The first-order valence-corrected chi connectivity index (χ1v) is 9.29. The fourth-order valence-corrected chi connectivity index (χ4v) is 3.30. The number of rotatable bonds is 7. The van der Waals surface area contributed by atoms with Gasteiger partial charge in [-0.2, -0.15) is 5.10 Å². The predicted molar refractivity (Wildman–Crippen MR) is 102 cm³/mol. The number of nitrogens with zero attached hydrogens (tertiary/aromatic N) is 5. The van der Waals surface area contributed by atoms with Crippen LogP contribution in [0.2, 0.25) is 0 Å². The summed E-state index contributed by atoms with van der Waals surface area (Å²) in [5.41, 5.74) is 2.22. The lowest BCUT2D eigenvalue weighted by atomic mass is 10.1. The highest BCUT2D eigenvalue weighted by Gasteiger charge is 2.33. The summed E-state index contributed by atoms with van der Waals surface area (Å²) >= 11 is 0. The molecule has 29 heavy (non-hydrogen) atoms. The minimum absolute atomic E-state index is 0.300. The molecule has 2 unspecified atom stereocenters. The van der Waals surface area contributed by atoms with E-state index in [9.17, 15) is 9.18 Å². The molecule has 2 atom stereocenters. The molecule has 0 radical (unpaired) electrons. The van der Waals surface area contributed by atoms with Gasteiger partial charge in [0.25, 0.3) is 0 Å². The van der Waals surface area contributed by atoms with Crippen LogP contribution in [0.5, 0.6) is 5.88 Å². The second kappa shape index (κ2) is 8.00. The van der Waals surface area contributed by atoms with Crippen LogP contribution in [0.15, 0.2) is 30.7 Å². The molecule has 152 valence electrons. The van der Waals surface area contributed by atoms with Crippen molar-refractivity contribution in [3.63, 3.8) is 0 Å². The number of amides is 1. The van der Waals surface area contributed by atoms with Gasteiger partial charge in [0.15, 0.2) is 11.5 Å². The Morgan fingerprint density at radius 3 is 3.17 bits per heavy atom. The Balaban J connectivity index is 1.66. The fourth-order valence-electron chi connectivity index (χ4n) is 3.30.